The number of nitrogens with two attached hydrogens (primary N) is 1. The second-order valence-electron chi connectivity index (χ2n) is 9.34. The van der Waals surface area contributed by atoms with Gasteiger partial charge in [-0.25, -0.2) is 19.0 Å². The molecule has 15 heteroatoms. The van der Waals surface area contributed by atoms with Gasteiger partial charge < -0.3 is 19.9 Å². The molecule has 6 atom stereocenters. The monoisotopic (exact) mass is 528 g/mol. The van der Waals surface area contributed by atoms with E-state index in [1.807, 2.05) is 0 Å². The van der Waals surface area contributed by atoms with E-state index in [0.717, 1.165) is 25.7 Å². The number of fused-ring (bicyclic) bond motifs is 2. The van der Waals surface area contributed by atoms with Crippen LogP contribution in [0.2, 0.25) is 0 Å². The summed E-state index contributed by atoms with van der Waals surface area (Å²) in [6, 6.07) is -0.980. The maximum Gasteiger partial charge on any atom is 0.406 e. The van der Waals surface area contributed by atoms with Gasteiger partial charge in [0.1, 0.15) is 24.4 Å². The maximum atomic E-state index is 16.3. The number of hydrogen-bond donors (Lipinski definition) is 2. The van der Waals surface area contributed by atoms with Gasteiger partial charge >= 0.3 is 13.7 Å². The van der Waals surface area contributed by atoms with Crippen LogP contribution in [0.3, 0.4) is 0 Å². The Bertz CT molecular complexity index is 1190. The van der Waals surface area contributed by atoms with Crippen LogP contribution in [0.4, 0.5) is 10.3 Å². The molecule has 1 saturated carbocycles. The normalized spacial score (nSPS) is 33.5. The van der Waals surface area contributed by atoms with Crippen molar-refractivity contribution in [1.29, 1.82) is 0 Å². The first-order valence-electron chi connectivity index (χ1n) is 12.0. The van der Waals surface area contributed by atoms with E-state index in [1.54, 1.807) is 6.92 Å². The lowest BCUT2D eigenvalue weighted by molar-refractivity contribution is -0.150. The highest BCUT2D eigenvalue weighted by Crippen LogP contribution is 2.57. The van der Waals surface area contributed by atoms with E-state index in [2.05, 4.69) is 20.0 Å². The van der Waals surface area contributed by atoms with Crippen molar-refractivity contribution in [3.63, 3.8) is 0 Å². The highest BCUT2D eigenvalue weighted by molar-refractivity contribution is 7.51. The molecule has 2 aromatic rings. The van der Waals surface area contributed by atoms with Crippen LogP contribution in [0.1, 0.15) is 52.7 Å². The summed E-state index contributed by atoms with van der Waals surface area (Å²) in [4.78, 5) is 24.9. The van der Waals surface area contributed by atoms with E-state index in [1.165, 1.54) is 24.7 Å². The molecule has 0 radical (unpaired) electrons. The van der Waals surface area contributed by atoms with E-state index < -0.39 is 43.9 Å². The van der Waals surface area contributed by atoms with Gasteiger partial charge in [0.25, 0.3) is 0 Å². The molecule has 0 spiro atoms. The number of alkyl halides is 1. The Morgan fingerprint density at radius 3 is 2.89 bits per heavy atom. The molecular formula is C21H30FN6O7P. The number of carbonyl (C=O) groups excluding carboxylic acids is 1. The Hall–Kier alpha value is -2.38. The number of hydrogen-bond acceptors (Lipinski definition) is 11. The smallest absolute Gasteiger partial charge is 0.406 e. The third kappa shape index (κ3) is 4.56. The molecule has 0 amide bonds. The SMILES string of the molecule is CCOc1nc(N)nc2c1ncn2[C@@H]1O[C@@H]2CO[P@](=O)(N[C@@H](C)C(=O)OC3CCCC3)O[C@H]2[C@@]1(C)F. The second-order valence-corrected chi connectivity index (χ2v) is 11.1. The first kappa shape index (κ1) is 25.3. The van der Waals surface area contributed by atoms with Crippen LogP contribution < -0.4 is 15.6 Å². The van der Waals surface area contributed by atoms with Gasteiger partial charge in [0.15, 0.2) is 23.1 Å². The molecule has 36 heavy (non-hydrogen) atoms. The largest absolute Gasteiger partial charge is 0.476 e. The van der Waals surface area contributed by atoms with E-state index in [0.29, 0.717) is 12.1 Å². The third-order valence-corrected chi connectivity index (χ3v) is 8.27. The number of imidazole rings is 1. The summed E-state index contributed by atoms with van der Waals surface area (Å²) in [5.41, 5.74) is 4.14. The van der Waals surface area contributed by atoms with Crippen molar-refractivity contribution in [2.24, 2.45) is 0 Å². The zero-order valence-corrected chi connectivity index (χ0v) is 21.2. The minimum absolute atomic E-state index is 0.0737. The summed E-state index contributed by atoms with van der Waals surface area (Å²) in [6.07, 6.45) is 1.41. The number of aromatic nitrogens is 4. The minimum atomic E-state index is -4.06. The highest BCUT2D eigenvalue weighted by Gasteiger charge is 2.61. The Morgan fingerprint density at radius 1 is 1.42 bits per heavy atom. The zero-order chi connectivity index (χ0) is 25.7. The van der Waals surface area contributed by atoms with Crippen molar-refractivity contribution >= 4 is 30.8 Å². The standard InChI is InChI=1S/C21H30FN6O7P/c1-4-31-17-14-16(25-20(23)26-17)28(10-24-14)19-21(3,22)15-13(34-19)9-32-36(30,35-15)27-11(2)18(29)33-12-7-5-6-8-12/h10-13,15,19H,4-9H2,1-3H3,(H,27,30)(H2,23,25,26)/t11-,13+,15+,19+,21+,36+/m0/s1. The number of rotatable bonds is 7. The number of halogens is 1. The molecule has 3 N–H and O–H groups in total. The van der Waals surface area contributed by atoms with E-state index >= 15 is 4.39 Å². The van der Waals surface area contributed by atoms with Crippen LogP contribution in [-0.4, -0.2) is 68.7 Å². The summed E-state index contributed by atoms with van der Waals surface area (Å²) in [7, 11) is -4.06. The summed E-state index contributed by atoms with van der Waals surface area (Å²) < 4.78 is 58.9. The number of ether oxygens (including phenoxy) is 3. The number of anilines is 1. The Labute approximate surface area is 206 Å². The summed E-state index contributed by atoms with van der Waals surface area (Å²) >= 11 is 0. The Kier molecular flexibility index (Phi) is 6.66. The molecule has 4 heterocycles. The van der Waals surface area contributed by atoms with Crippen LogP contribution in [0.25, 0.3) is 11.2 Å². The fraction of sp³-hybridized carbons (Fsp3) is 0.714. The fourth-order valence-corrected chi connectivity index (χ4v) is 6.57. The molecule has 0 unspecified atom stereocenters. The van der Waals surface area contributed by atoms with Crippen molar-refractivity contribution in [1.82, 2.24) is 24.6 Å². The second kappa shape index (κ2) is 9.49. The summed E-state index contributed by atoms with van der Waals surface area (Å²) in [5, 5.41) is 2.57. The number of esters is 1. The molecule has 3 fully saturated rings. The third-order valence-electron chi connectivity index (χ3n) is 6.57. The fourth-order valence-electron chi connectivity index (χ4n) is 4.81. The van der Waals surface area contributed by atoms with Crippen LogP contribution in [0, 0.1) is 0 Å². The van der Waals surface area contributed by atoms with Crippen molar-refractivity contribution in [3.05, 3.63) is 6.33 Å². The topological polar surface area (TPSA) is 162 Å². The van der Waals surface area contributed by atoms with Crippen molar-refractivity contribution in [2.45, 2.75) is 82.7 Å². The first-order chi connectivity index (χ1) is 17.1. The van der Waals surface area contributed by atoms with Crippen molar-refractivity contribution < 1.29 is 37.0 Å². The van der Waals surface area contributed by atoms with Gasteiger partial charge in [0, 0.05) is 0 Å². The molecule has 2 aliphatic heterocycles. The molecule has 2 aromatic heterocycles. The number of nitrogens with zero attached hydrogens (tertiary/aromatic N) is 4. The predicted octanol–water partition coefficient (Wildman–Crippen LogP) is 2.42. The Morgan fingerprint density at radius 2 is 2.17 bits per heavy atom. The van der Waals surface area contributed by atoms with Crippen LogP contribution >= 0.6 is 7.75 Å². The maximum absolute atomic E-state index is 16.3. The van der Waals surface area contributed by atoms with Gasteiger partial charge in [-0.2, -0.15) is 9.97 Å². The summed E-state index contributed by atoms with van der Waals surface area (Å²) in [5.74, 6) is -0.473. The molecule has 1 aliphatic carbocycles. The first-order valence-corrected chi connectivity index (χ1v) is 13.5. The van der Waals surface area contributed by atoms with Crippen LogP contribution in [0.5, 0.6) is 5.88 Å². The van der Waals surface area contributed by atoms with E-state index in [9.17, 15) is 9.36 Å². The van der Waals surface area contributed by atoms with Crippen LogP contribution in [-0.2, 0) is 27.9 Å². The number of carbonyl (C=O) groups is 1. The molecule has 3 aliphatic rings. The Balaban J connectivity index is 1.34. The molecule has 0 bridgehead atoms. The molecule has 13 nitrogen and oxygen atoms in total. The number of nitrogen functional groups attached to an aromatic ring is 1. The average Bonchev–Trinajstić information content (AvgIpc) is 3.53. The molecule has 0 aromatic carbocycles. The zero-order valence-electron chi connectivity index (χ0n) is 20.3. The molecule has 198 valence electrons. The minimum Gasteiger partial charge on any atom is -0.476 e. The van der Waals surface area contributed by atoms with Gasteiger partial charge in [-0.3, -0.25) is 18.4 Å². The molecular weight excluding hydrogens is 498 g/mol. The van der Waals surface area contributed by atoms with Crippen molar-refractivity contribution in [3.8, 4) is 5.88 Å². The van der Waals surface area contributed by atoms with Gasteiger partial charge in [0.05, 0.1) is 19.5 Å². The van der Waals surface area contributed by atoms with Gasteiger partial charge in [-0.15, -0.1) is 0 Å². The predicted molar refractivity (Wildman–Crippen MR) is 124 cm³/mol. The van der Waals surface area contributed by atoms with E-state index in [4.69, 9.17) is 29.0 Å². The average molecular weight is 528 g/mol. The molecule has 2 saturated heterocycles. The lowest BCUT2D eigenvalue weighted by Crippen LogP contribution is -2.47. The molecule has 5 rings (SSSR count). The summed E-state index contributed by atoms with van der Waals surface area (Å²) in [6.45, 7) is 4.65. The number of nitrogens with one attached hydrogen (secondary N) is 1. The lowest BCUT2D eigenvalue weighted by Gasteiger charge is -2.35. The van der Waals surface area contributed by atoms with Crippen molar-refractivity contribution in [2.75, 3.05) is 18.9 Å². The highest BCUT2D eigenvalue weighted by atomic mass is 31.2. The van der Waals surface area contributed by atoms with Gasteiger partial charge in [-0.1, -0.05) is 0 Å². The van der Waals surface area contributed by atoms with Gasteiger partial charge in [-0.05, 0) is 46.5 Å². The quantitative estimate of drug-likeness (QED) is 0.399. The van der Waals surface area contributed by atoms with E-state index in [-0.39, 0.29) is 30.2 Å². The van der Waals surface area contributed by atoms with Crippen LogP contribution in [0.15, 0.2) is 6.33 Å². The van der Waals surface area contributed by atoms with Gasteiger partial charge in [0.2, 0.25) is 11.8 Å². The lowest BCUT2D eigenvalue weighted by atomic mass is 9.98.